The summed E-state index contributed by atoms with van der Waals surface area (Å²) in [6.45, 7) is 0.421. The number of likely N-dealkylation sites (tertiary alicyclic amines) is 1. The molecule has 5 rings (SSSR count). The van der Waals surface area contributed by atoms with Crippen LogP contribution in [-0.2, 0) is 25.6 Å². The highest BCUT2D eigenvalue weighted by atomic mass is 16.2. The number of nitrogens with one attached hydrogen (secondary N) is 4. The Kier molecular flexibility index (Phi) is 6.66. The minimum absolute atomic E-state index is 0.184. The Morgan fingerprint density at radius 2 is 1.92 bits per heavy atom. The molecule has 0 saturated carbocycles. The molecule has 2 aliphatic heterocycles. The topological polar surface area (TPSA) is 136 Å². The Bertz CT molecular complexity index is 1290. The molecule has 2 aromatic carbocycles. The zero-order valence-corrected chi connectivity index (χ0v) is 19.7. The van der Waals surface area contributed by atoms with Gasteiger partial charge in [-0.2, -0.15) is 0 Å². The molecule has 3 heterocycles. The van der Waals surface area contributed by atoms with Crippen LogP contribution in [-0.4, -0.2) is 63.2 Å². The van der Waals surface area contributed by atoms with Gasteiger partial charge in [0.2, 0.25) is 23.6 Å². The van der Waals surface area contributed by atoms with Crippen molar-refractivity contribution in [3.63, 3.8) is 0 Å². The summed E-state index contributed by atoms with van der Waals surface area (Å²) in [6, 6.07) is 11.4. The molecule has 36 heavy (non-hydrogen) atoms. The van der Waals surface area contributed by atoms with Crippen LogP contribution in [0.1, 0.15) is 31.4 Å². The first-order chi connectivity index (χ1) is 17.5. The number of benzene rings is 2. The van der Waals surface area contributed by atoms with Crippen LogP contribution in [0.25, 0.3) is 10.8 Å². The van der Waals surface area contributed by atoms with Gasteiger partial charge in [-0.3, -0.25) is 19.2 Å². The number of hydrogen-bond acceptors (Lipinski definition) is 5. The van der Waals surface area contributed by atoms with Crippen LogP contribution in [0.3, 0.4) is 0 Å². The van der Waals surface area contributed by atoms with Crippen molar-refractivity contribution in [2.24, 2.45) is 0 Å². The number of H-pyrrole nitrogens is 1. The molecule has 0 radical (unpaired) electrons. The molecule has 0 bridgehead atoms. The number of imidazole rings is 1. The van der Waals surface area contributed by atoms with E-state index in [0.717, 1.165) is 10.8 Å². The SMILES string of the molecule is O=C1CC[C@H](C(=O)N[C@H](Cc2cnc[nH]2)C(=O)N2CCC[C@H]2C(=O)Nc2ccc3ccccc3c2)N1. The number of anilines is 1. The van der Waals surface area contributed by atoms with E-state index >= 15 is 0 Å². The normalized spacial score (nSPS) is 20.2. The Morgan fingerprint density at radius 1 is 1.08 bits per heavy atom. The van der Waals surface area contributed by atoms with Gasteiger partial charge in [-0.15, -0.1) is 0 Å². The highest BCUT2D eigenvalue weighted by Crippen LogP contribution is 2.23. The third kappa shape index (κ3) is 5.07. The van der Waals surface area contributed by atoms with Gasteiger partial charge < -0.3 is 25.8 Å². The smallest absolute Gasteiger partial charge is 0.247 e. The lowest BCUT2D eigenvalue weighted by Crippen LogP contribution is -2.55. The lowest BCUT2D eigenvalue weighted by atomic mass is 10.1. The van der Waals surface area contributed by atoms with Crippen LogP contribution in [0.15, 0.2) is 55.0 Å². The van der Waals surface area contributed by atoms with Gasteiger partial charge >= 0.3 is 0 Å². The van der Waals surface area contributed by atoms with Crippen molar-refractivity contribution in [1.29, 1.82) is 0 Å². The maximum absolute atomic E-state index is 13.6. The molecule has 4 amide bonds. The van der Waals surface area contributed by atoms with E-state index in [1.54, 1.807) is 11.1 Å². The van der Waals surface area contributed by atoms with Gasteiger partial charge in [0.25, 0.3) is 0 Å². The highest BCUT2D eigenvalue weighted by molar-refractivity contribution is 6.00. The van der Waals surface area contributed by atoms with Crippen molar-refractivity contribution in [1.82, 2.24) is 25.5 Å². The van der Waals surface area contributed by atoms with Gasteiger partial charge in [0.1, 0.15) is 18.1 Å². The predicted octanol–water partition coefficient (Wildman–Crippen LogP) is 1.50. The van der Waals surface area contributed by atoms with Crippen LogP contribution in [0.5, 0.6) is 0 Å². The largest absolute Gasteiger partial charge is 0.348 e. The van der Waals surface area contributed by atoms with E-state index < -0.39 is 24.0 Å². The fraction of sp³-hybridized carbons (Fsp3) is 0.346. The molecule has 0 aliphatic carbocycles. The molecule has 10 nitrogen and oxygen atoms in total. The van der Waals surface area contributed by atoms with E-state index in [4.69, 9.17) is 0 Å². The summed E-state index contributed by atoms with van der Waals surface area (Å²) in [6.07, 6.45) is 5.18. The molecular formula is C26H28N6O4. The van der Waals surface area contributed by atoms with Gasteiger partial charge in [-0.1, -0.05) is 30.3 Å². The average Bonchev–Trinajstić information content (AvgIpc) is 3.65. The summed E-state index contributed by atoms with van der Waals surface area (Å²) < 4.78 is 0. The van der Waals surface area contributed by atoms with E-state index in [1.165, 1.54) is 6.33 Å². The summed E-state index contributed by atoms with van der Waals surface area (Å²) in [5.74, 6) is -1.18. The van der Waals surface area contributed by atoms with E-state index in [0.29, 0.717) is 37.2 Å². The number of aromatic nitrogens is 2. The number of aromatic amines is 1. The maximum Gasteiger partial charge on any atom is 0.247 e. The molecule has 2 aliphatic rings. The van der Waals surface area contributed by atoms with E-state index in [-0.39, 0.29) is 30.6 Å². The number of nitrogens with zero attached hydrogens (tertiary/aromatic N) is 2. The number of fused-ring (bicyclic) bond motifs is 1. The van der Waals surface area contributed by atoms with E-state index in [1.807, 2.05) is 42.5 Å². The molecule has 1 aromatic heterocycles. The van der Waals surface area contributed by atoms with Crippen LogP contribution >= 0.6 is 0 Å². The standard InChI is InChI=1S/C26H28N6O4/c33-23-10-9-20(30-23)24(34)31-21(13-19-14-27-15-28-19)26(36)32-11-3-6-22(32)25(35)29-18-8-7-16-4-1-2-5-17(16)12-18/h1-2,4-5,7-8,12,14-15,20-22H,3,6,9-11,13H2,(H,27,28)(H,29,35)(H,30,33)(H,31,34)/t20-,21-,22+/m1/s1. The summed E-state index contributed by atoms with van der Waals surface area (Å²) in [5, 5.41) is 10.5. The second-order valence-corrected chi connectivity index (χ2v) is 9.24. The van der Waals surface area contributed by atoms with Crippen molar-refractivity contribution in [2.45, 2.75) is 50.2 Å². The average molecular weight is 489 g/mol. The third-order valence-electron chi connectivity index (χ3n) is 6.76. The molecule has 186 valence electrons. The van der Waals surface area contributed by atoms with Gasteiger partial charge in [0.15, 0.2) is 0 Å². The molecule has 0 unspecified atom stereocenters. The summed E-state index contributed by atoms with van der Waals surface area (Å²) in [7, 11) is 0. The van der Waals surface area contributed by atoms with Gasteiger partial charge in [-0.25, -0.2) is 4.98 Å². The Morgan fingerprint density at radius 3 is 2.67 bits per heavy atom. The lowest BCUT2D eigenvalue weighted by Gasteiger charge is -2.29. The minimum Gasteiger partial charge on any atom is -0.348 e. The summed E-state index contributed by atoms with van der Waals surface area (Å²) in [5.41, 5.74) is 1.35. The molecule has 2 saturated heterocycles. The van der Waals surface area contributed by atoms with Crippen molar-refractivity contribution < 1.29 is 19.2 Å². The molecule has 0 spiro atoms. The predicted molar refractivity (Wildman–Crippen MR) is 133 cm³/mol. The number of hydrogen-bond donors (Lipinski definition) is 4. The molecule has 4 N–H and O–H groups in total. The fourth-order valence-corrected chi connectivity index (χ4v) is 4.90. The van der Waals surface area contributed by atoms with E-state index in [2.05, 4.69) is 25.9 Å². The first-order valence-corrected chi connectivity index (χ1v) is 12.1. The maximum atomic E-state index is 13.6. The minimum atomic E-state index is -0.899. The van der Waals surface area contributed by atoms with Crippen molar-refractivity contribution in [2.75, 3.05) is 11.9 Å². The van der Waals surface area contributed by atoms with E-state index in [9.17, 15) is 19.2 Å². The Hall–Kier alpha value is -4.21. The molecule has 10 heteroatoms. The van der Waals surface area contributed by atoms with Crippen LogP contribution < -0.4 is 16.0 Å². The zero-order chi connectivity index (χ0) is 25.1. The Balaban J connectivity index is 1.30. The molecular weight excluding hydrogens is 460 g/mol. The number of carbonyl (C=O) groups excluding carboxylic acids is 4. The van der Waals surface area contributed by atoms with Crippen LogP contribution in [0.2, 0.25) is 0 Å². The lowest BCUT2D eigenvalue weighted by molar-refractivity contribution is -0.140. The van der Waals surface area contributed by atoms with Crippen molar-refractivity contribution in [3.8, 4) is 0 Å². The first-order valence-electron chi connectivity index (χ1n) is 12.1. The second-order valence-electron chi connectivity index (χ2n) is 9.24. The number of rotatable bonds is 7. The highest BCUT2D eigenvalue weighted by Gasteiger charge is 2.39. The van der Waals surface area contributed by atoms with Crippen molar-refractivity contribution >= 4 is 40.1 Å². The number of carbonyl (C=O) groups is 4. The summed E-state index contributed by atoms with van der Waals surface area (Å²) in [4.78, 5) is 59.7. The first kappa shape index (κ1) is 23.5. The fourth-order valence-electron chi connectivity index (χ4n) is 4.90. The molecule has 3 aromatic rings. The third-order valence-corrected chi connectivity index (χ3v) is 6.76. The van der Waals surface area contributed by atoms with Crippen molar-refractivity contribution in [3.05, 3.63) is 60.7 Å². The van der Waals surface area contributed by atoms with Gasteiger partial charge in [0.05, 0.1) is 6.33 Å². The molecule has 2 fully saturated rings. The molecule has 3 atom stereocenters. The zero-order valence-electron chi connectivity index (χ0n) is 19.7. The van der Waals surface area contributed by atoms with Crippen LogP contribution in [0.4, 0.5) is 5.69 Å². The summed E-state index contributed by atoms with van der Waals surface area (Å²) >= 11 is 0. The monoisotopic (exact) mass is 488 g/mol. The second kappa shape index (κ2) is 10.2. The van der Waals surface area contributed by atoms with Gasteiger partial charge in [-0.05, 0) is 42.2 Å². The quantitative estimate of drug-likeness (QED) is 0.400. The Labute approximate surface area is 207 Å². The van der Waals surface area contributed by atoms with Gasteiger partial charge in [0, 0.05) is 37.0 Å². The number of amides is 4. The van der Waals surface area contributed by atoms with Crippen LogP contribution in [0, 0.1) is 0 Å².